The first-order chi connectivity index (χ1) is 9.81. The molecule has 2 rings (SSSR count). The maximum Gasteiger partial charge on any atom is 0.227 e. The first-order valence-electron chi connectivity index (χ1n) is 6.78. The lowest BCUT2D eigenvalue weighted by Crippen LogP contribution is -2.18. The topological polar surface area (TPSA) is 70.3 Å². The molecule has 0 atom stereocenters. The number of rotatable bonds is 3. The maximum absolute atomic E-state index is 5.97. The van der Waals surface area contributed by atoms with E-state index in [2.05, 4.69) is 9.97 Å². The lowest BCUT2D eigenvalue weighted by Gasteiger charge is -2.19. The Kier molecular flexibility index (Phi) is 4.02. The molecule has 0 aliphatic heterocycles. The lowest BCUT2D eigenvalue weighted by molar-refractivity contribution is 0.411. The van der Waals surface area contributed by atoms with Crippen molar-refractivity contribution in [3.05, 3.63) is 35.7 Å². The highest BCUT2D eigenvalue weighted by Crippen LogP contribution is 2.30. The first kappa shape index (κ1) is 15.1. The SMILES string of the molecule is COc1ccc(Oc2nc(C(C)(C)C)nc(N)c2C)cc1. The average Bonchev–Trinajstić information content (AvgIpc) is 2.43. The molecule has 0 bridgehead atoms. The van der Waals surface area contributed by atoms with Crippen molar-refractivity contribution in [1.29, 1.82) is 0 Å². The van der Waals surface area contributed by atoms with E-state index in [9.17, 15) is 0 Å². The van der Waals surface area contributed by atoms with E-state index in [0.29, 0.717) is 23.3 Å². The van der Waals surface area contributed by atoms with Gasteiger partial charge in [0.1, 0.15) is 23.1 Å². The Morgan fingerprint density at radius 2 is 1.57 bits per heavy atom. The summed E-state index contributed by atoms with van der Waals surface area (Å²) in [5.74, 6) is 3.04. The molecule has 0 saturated carbocycles. The minimum absolute atomic E-state index is 0.195. The van der Waals surface area contributed by atoms with Crippen LogP contribution in [0.25, 0.3) is 0 Å². The number of benzene rings is 1. The van der Waals surface area contributed by atoms with Crippen LogP contribution in [0.15, 0.2) is 24.3 Å². The predicted octanol–water partition coefficient (Wildman–Crippen LogP) is 3.47. The highest BCUT2D eigenvalue weighted by molar-refractivity contribution is 5.46. The van der Waals surface area contributed by atoms with Crippen LogP contribution in [0.3, 0.4) is 0 Å². The first-order valence-corrected chi connectivity index (χ1v) is 6.78. The summed E-state index contributed by atoms with van der Waals surface area (Å²) >= 11 is 0. The van der Waals surface area contributed by atoms with Gasteiger partial charge in [-0.3, -0.25) is 0 Å². The zero-order chi connectivity index (χ0) is 15.6. The highest BCUT2D eigenvalue weighted by atomic mass is 16.5. The summed E-state index contributed by atoms with van der Waals surface area (Å²) in [7, 11) is 1.63. The average molecular weight is 287 g/mol. The molecule has 0 saturated heterocycles. The summed E-state index contributed by atoms with van der Waals surface area (Å²) < 4.78 is 11.0. The number of nitrogens with zero attached hydrogens (tertiary/aromatic N) is 2. The van der Waals surface area contributed by atoms with E-state index in [1.54, 1.807) is 7.11 Å². The van der Waals surface area contributed by atoms with Gasteiger partial charge in [0.05, 0.1) is 12.7 Å². The molecule has 5 nitrogen and oxygen atoms in total. The molecule has 112 valence electrons. The molecule has 0 amide bonds. The number of nitrogens with two attached hydrogens (primary N) is 1. The molecule has 0 radical (unpaired) electrons. The second-order valence-corrected chi connectivity index (χ2v) is 5.89. The Morgan fingerprint density at radius 3 is 2.10 bits per heavy atom. The molecular weight excluding hydrogens is 266 g/mol. The van der Waals surface area contributed by atoms with Crippen molar-refractivity contribution in [2.45, 2.75) is 33.1 Å². The zero-order valence-corrected chi connectivity index (χ0v) is 13.1. The molecule has 5 heteroatoms. The van der Waals surface area contributed by atoms with Gasteiger partial charge in [0.15, 0.2) is 0 Å². The molecule has 0 aliphatic rings. The molecule has 2 N–H and O–H groups in total. The van der Waals surface area contributed by atoms with Gasteiger partial charge in [-0.15, -0.1) is 0 Å². The van der Waals surface area contributed by atoms with Gasteiger partial charge >= 0.3 is 0 Å². The standard InChI is InChI=1S/C16H21N3O2/c1-10-13(17)18-15(16(2,3)4)19-14(10)21-12-8-6-11(20-5)7-9-12/h6-9H,1-5H3,(H2,17,18,19). The van der Waals surface area contributed by atoms with Crippen LogP contribution in [0.4, 0.5) is 5.82 Å². The van der Waals surface area contributed by atoms with Gasteiger partial charge < -0.3 is 15.2 Å². The molecule has 21 heavy (non-hydrogen) atoms. The number of hydrogen-bond donors (Lipinski definition) is 1. The summed E-state index contributed by atoms with van der Waals surface area (Å²) in [6, 6.07) is 7.32. The van der Waals surface area contributed by atoms with E-state index >= 15 is 0 Å². The van der Waals surface area contributed by atoms with Gasteiger partial charge in [0, 0.05) is 5.41 Å². The molecule has 2 aromatic rings. The number of methoxy groups -OCH3 is 1. The fourth-order valence-corrected chi connectivity index (χ4v) is 1.70. The second kappa shape index (κ2) is 5.60. The van der Waals surface area contributed by atoms with E-state index in [0.717, 1.165) is 11.3 Å². The Morgan fingerprint density at radius 1 is 1.00 bits per heavy atom. The van der Waals surface area contributed by atoms with E-state index in [-0.39, 0.29) is 5.41 Å². The fraction of sp³-hybridized carbons (Fsp3) is 0.375. The number of anilines is 1. The summed E-state index contributed by atoms with van der Waals surface area (Å²) in [4.78, 5) is 8.84. The van der Waals surface area contributed by atoms with Crippen LogP contribution in [-0.4, -0.2) is 17.1 Å². The van der Waals surface area contributed by atoms with Crippen molar-refractivity contribution >= 4 is 5.82 Å². The van der Waals surface area contributed by atoms with Crippen LogP contribution in [-0.2, 0) is 5.41 Å². The molecule has 0 spiro atoms. The van der Waals surface area contributed by atoms with Crippen molar-refractivity contribution in [1.82, 2.24) is 9.97 Å². The number of aromatic nitrogens is 2. The van der Waals surface area contributed by atoms with Crippen molar-refractivity contribution in [3.63, 3.8) is 0 Å². The van der Waals surface area contributed by atoms with Gasteiger partial charge in [0.2, 0.25) is 5.88 Å². The number of nitrogen functional groups attached to an aromatic ring is 1. The predicted molar refractivity (Wildman–Crippen MR) is 82.9 cm³/mol. The quantitative estimate of drug-likeness (QED) is 0.936. The molecule has 1 aromatic heterocycles. The molecule has 0 fully saturated rings. The Balaban J connectivity index is 2.36. The van der Waals surface area contributed by atoms with Crippen LogP contribution in [0.5, 0.6) is 17.4 Å². The van der Waals surface area contributed by atoms with Crippen molar-refractivity contribution in [2.75, 3.05) is 12.8 Å². The minimum Gasteiger partial charge on any atom is -0.497 e. The van der Waals surface area contributed by atoms with Crippen molar-refractivity contribution < 1.29 is 9.47 Å². The van der Waals surface area contributed by atoms with Gasteiger partial charge in [-0.1, -0.05) is 20.8 Å². The van der Waals surface area contributed by atoms with Crippen LogP contribution < -0.4 is 15.2 Å². The number of ether oxygens (including phenoxy) is 2. The lowest BCUT2D eigenvalue weighted by atomic mass is 9.95. The molecule has 1 aromatic carbocycles. The van der Waals surface area contributed by atoms with Gasteiger partial charge in [-0.25, -0.2) is 4.98 Å². The molecule has 0 aliphatic carbocycles. The van der Waals surface area contributed by atoms with Crippen LogP contribution in [0, 0.1) is 6.92 Å². The summed E-state index contributed by atoms with van der Waals surface area (Å²) in [6.07, 6.45) is 0. The fourth-order valence-electron chi connectivity index (χ4n) is 1.70. The van der Waals surface area contributed by atoms with Crippen LogP contribution in [0.2, 0.25) is 0 Å². The second-order valence-electron chi connectivity index (χ2n) is 5.89. The van der Waals surface area contributed by atoms with Crippen molar-refractivity contribution in [3.8, 4) is 17.4 Å². The largest absolute Gasteiger partial charge is 0.497 e. The monoisotopic (exact) mass is 287 g/mol. The summed E-state index contributed by atoms with van der Waals surface area (Å²) in [5, 5.41) is 0. The summed E-state index contributed by atoms with van der Waals surface area (Å²) in [5.41, 5.74) is 6.51. The third-order valence-corrected chi connectivity index (χ3v) is 3.08. The molecule has 0 unspecified atom stereocenters. The summed E-state index contributed by atoms with van der Waals surface area (Å²) in [6.45, 7) is 7.96. The van der Waals surface area contributed by atoms with Gasteiger partial charge in [-0.05, 0) is 31.2 Å². The Bertz CT molecular complexity index is 631. The third kappa shape index (κ3) is 3.42. The maximum atomic E-state index is 5.97. The van der Waals surface area contributed by atoms with Gasteiger partial charge in [0.25, 0.3) is 0 Å². The smallest absolute Gasteiger partial charge is 0.227 e. The minimum atomic E-state index is -0.195. The van der Waals surface area contributed by atoms with E-state index in [1.807, 2.05) is 52.0 Å². The van der Waals surface area contributed by atoms with Crippen LogP contribution >= 0.6 is 0 Å². The number of hydrogen-bond acceptors (Lipinski definition) is 5. The normalized spacial score (nSPS) is 11.3. The molecular formula is C16H21N3O2. The van der Waals surface area contributed by atoms with Crippen LogP contribution in [0.1, 0.15) is 32.2 Å². The van der Waals surface area contributed by atoms with E-state index in [1.165, 1.54) is 0 Å². The third-order valence-electron chi connectivity index (χ3n) is 3.08. The highest BCUT2D eigenvalue weighted by Gasteiger charge is 2.21. The van der Waals surface area contributed by atoms with Gasteiger partial charge in [-0.2, -0.15) is 4.98 Å². The molecule has 1 heterocycles. The van der Waals surface area contributed by atoms with E-state index < -0.39 is 0 Å². The zero-order valence-electron chi connectivity index (χ0n) is 13.1. The van der Waals surface area contributed by atoms with E-state index in [4.69, 9.17) is 15.2 Å². The Hall–Kier alpha value is -2.30. The van der Waals surface area contributed by atoms with Crippen molar-refractivity contribution in [2.24, 2.45) is 0 Å². The Labute approximate surface area is 125 Å².